The summed E-state index contributed by atoms with van der Waals surface area (Å²) in [6.07, 6.45) is 0.767. The summed E-state index contributed by atoms with van der Waals surface area (Å²) < 4.78 is 14.8. The number of benzene rings is 1. The maximum absolute atomic E-state index is 11.0. The third kappa shape index (κ3) is 3.34. The second-order valence-corrected chi connectivity index (χ2v) is 3.98. The molecule has 1 aromatic heterocycles. The zero-order chi connectivity index (χ0) is 13.7. The van der Waals surface area contributed by atoms with Crippen LogP contribution < -0.4 is 4.74 Å². The number of nitrogens with zero attached hydrogens (tertiary/aromatic N) is 1. The van der Waals surface area contributed by atoms with Crippen LogP contribution in [0.1, 0.15) is 12.2 Å². The van der Waals surface area contributed by atoms with E-state index in [-0.39, 0.29) is 12.4 Å². The largest absolute Gasteiger partial charge is 0.497 e. The van der Waals surface area contributed by atoms with Gasteiger partial charge in [0.15, 0.2) is 0 Å². The quantitative estimate of drug-likeness (QED) is 0.774. The summed E-state index contributed by atoms with van der Waals surface area (Å²) in [6, 6.07) is 9.35. The van der Waals surface area contributed by atoms with E-state index in [0.29, 0.717) is 12.2 Å². The predicted molar refractivity (Wildman–Crippen MR) is 68.8 cm³/mol. The molecule has 5 heteroatoms. The normalized spacial score (nSPS) is 10.2. The Morgan fingerprint density at radius 2 is 2.00 bits per heavy atom. The molecule has 0 aliphatic heterocycles. The molecular weight excluding hydrogens is 246 g/mol. The molecule has 0 saturated carbocycles. The molecule has 2 aromatic rings. The first-order chi connectivity index (χ1) is 9.22. The van der Waals surface area contributed by atoms with Gasteiger partial charge in [0.25, 0.3) is 0 Å². The van der Waals surface area contributed by atoms with Crippen molar-refractivity contribution in [1.29, 1.82) is 0 Å². The van der Waals surface area contributed by atoms with Crippen molar-refractivity contribution >= 4 is 5.97 Å². The van der Waals surface area contributed by atoms with Gasteiger partial charge in [0.05, 0.1) is 20.6 Å². The van der Waals surface area contributed by atoms with Crippen LogP contribution in [0.3, 0.4) is 0 Å². The van der Waals surface area contributed by atoms with E-state index in [9.17, 15) is 4.79 Å². The number of esters is 1. The number of carbonyl (C=O) groups excluding carboxylic acids is 1. The lowest BCUT2D eigenvalue weighted by Crippen LogP contribution is -2.01. The third-order valence-corrected chi connectivity index (χ3v) is 2.75. The van der Waals surface area contributed by atoms with Gasteiger partial charge in [0.1, 0.15) is 17.2 Å². The van der Waals surface area contributed by atoms with Crippen LogP contribution >= 0.6 is 0 Å². The highest BCUT2D eigenvalue weighted by Gasteiger charge is 2.09. The lowest BCUT2D eigenvalue weighted by atomic mass is 10.1. The standard InChI is InChI=1S/C14H15NO4/c1-17-11-5-3-10(4-6-11)13-9-12(19-15-13)7-8-14(16)18-2/h3-6,9H,7-8H2,1-2H3. The van der Waals surface area contributed by atoms with Crippen molar-refractivity contribution in [2.45, 2.75) is 12.8 Å². The number of aryl methyl sites for hydroxylation is 1. The van der Waals surface area contributed by atoms with Crippen LogP contribution in [-0.4, -0.2) is 25.3 Å². The maximum Gasteiger partial charge on any atom is 0.305 e. The summed E-state index contributed by atoms with van der Waals surface area (Å²) in [7, 11) is 2.99. The summed E-state index contributed by atoms with van der Waals surface area (Å²) in [5, 5.41) is 3.98. The zero-order valence-electron chi connectivity index (χ0n) is 10.9. The molecule has 0 bridgehead atoms. The first kappa shape index (κ1) is 13.1. The molecule has 0 radical (unpaired) electrons. The van der Waals surface area contributed by atoms with Crippen LogP contribution in [-0.2, 0) is 16.0 Å². The summed E-state index contributed by atoms with van der Waals surface area (Å²) in [5.74, 6) is 1.19. The number of hydrogen-bond acceptors (Lipinski definition) is 5. The van der Waals surface area contributed by atoms with Crippen LogP contribution in [0.5, 0.6) is 5.75 Å². The van der Waals surface area contributed by atoms with Crippen molar-refractivity contribution < 1.29 is 18.8 Å². The summed E-state index contributed by atoms with van der Waals surface area (Å²) in [4.78, 5) is 11.0. The molecular formula is C14H15NO4. The van der Waals surface area contributed by atoms with E-state index in [1.54, 1.807) is 7.11 Å². The van der Waals surface area contributed by atoms with Crippen LogP contribution in [0, 0.1) is 0 Å². The van der Waals surface area contributed by atoms with E-state index >= 15 is 0 Å². The van der Waals surface area contributed by atoms with Gasteiger partial charge in [0, 0.05) is 18.1 Å². The fourth-order valence-corrected chi connectivity index (χ4v) is 1.66. The molecule has 0 N–H and O–H groups in total. The van der Waals surface area contributed by atoms with Gasteiger partial charge in [-0.15, -0.1) is 0 Å². The van der Waals surface area contributed by atoms with Crippen LogP contribution in [0.2, 0.25) is 0 Å². The number of methoxy groups -OCH3 is 2. The number of hydrogen-bond donors (Lipinski definition) is 0. The molecule has 0 unspecified atom stereocenters. The minimum absolute atomic E-state index is 0.262. The zero-order valence-corrected chi connectivity index (χ0v) is 10.9. The van der Waals surface area contributed by atoms with Crippen molar-refractivity contribution in [3.8, 4) is 17.0 Å². The van der Waals surface area contributed by atoms with Gasteiger partial charge in [-0.25, -0.2) is 0 Å². The van der Waals surface area contributed by atoms with Crippen molar-refractivity contribution in [3.63, 3.8) is 0 Å². The first-order valence-electron chi connectivity index (χ1n) is 5.89. The van der Waals surface area contributed by atoms with Crippen LogP contribution in [0.15, 0.2) is 34.9 Å². The average Bonchev–Trinajstić information content (AvgIpc) is 2.93. The highest BCUT2D eigenvalue weighted by molar-refractivity contribution is 5.69. The van der Waals surface area contributed by atoms with Crippen molar-refractivity contribution in [2.24, 2.45) is 0 Å². The first-order valence-corrected chi connectivity index (χ1v) is 5.89. The number of ether oxygens (including phenoxy) is 2. The van der Waals surface area contributed by atoms with E-state index in [0.717, 1.165) is 17.0 Å². The van der Waals surface area contributed by atoms with Gasteiger partial charge in [0.2, 0.25) is 0 Å². The molecule has 0 spiro atoms. The smallest absolute Gasteiger partial charge is 0.305 e. The Balaban J connectivity index is 2.05. The predicted octanol–water partition coefficient (Wildman–Crippen LogP) is 2.46. The molecule has 1 heterocycles. The van der Waals surface area contributed by atoms with Crippen molar-refractivity contribution in [3.05, 3.63) is 36.1 Å². The van der Waals surface area contributed by atoms with Gasteiger partial charge in [-0.2, -0.15) is 0 Å². The molecule has 0 fully saturated rings. The Morgan fingerprint density at radius 1 is 1.26 bits per heavy atom. The van der Waals surface area contributed by atoms with E-state index in [2.05, 4.69) is 9.89 Å². The Morgan fingerprint density at radius 3 is 2.63 bits per heavy atom. The van der Waals surface area contributed by atoms with Gasteiger partial charge >= 0.3 is 5.97 Å². The van der Waals surface area contributed by atoms with Crippen molar-refractivity contribution in [2.75, 3.05) is 14.2 Å². The molecule has 0 atom stereocenters. The molecule has 5 nitrogen and oxygen atoms in total. The maximum atomic E-state index is 11.0. The van der Waals surface area contributed by atoms with Gasteiger partial charge in [-0.05, 0) is 24.3 Å². The average molecular weight is 261 g/mol. The Labute approximate surface area is 111 Å². The Hall–Kier alpha value is -2.30. The molecule has 0 aliphatic carbocycles. The number of aromatic nitrogens is 1. The van der Waals surface area contributed by atoms with Crippen LogP contribution in [0.4, 0.5) is 0 Å². The second kappa shape index (κ2) is 6.04. The SMILES string of the molecule is COC(=O)CCc1cc(-c2ccc(OC)cc2)no1. The topological polar surface area (TPSA) is 61.6 Å². The highest BCUT2D eigenvalue weighted by Crippen LogP contribution is 2.22. The minimum atomic E-state index is -0.262. The number of carbonyl (C=O) groups is 1. The second-order valence-electron chi connectivity index (χ2n) is 3.98. The molecule has 100 valence electrons. The third-order valence-electron chi connectivity index (χ3n) is 2.75. The van der Waals surface area contributed by atoms with Crippen molar-refractivity contribution in [1.82, 2.24) is 5.16 Å². The Bertz CT molecular complexity index is 545. The van der Waals surface area contributed by atoms with E-state index in [4.69, 9.17) is 9.26 Å². The summed E-state index contributed by atoms with van der Waals surface area (Å²) in [6.45, 7) is 0. The van der Waals surface area contributed by atoms with E-state index in [1.165, 1.54) is 7.11 Å². The fraction of sp³-hybridized carbons (Fsp3) is 0.286. The molecule has 0 aliphatic rings. The minimum Gasteiger partial charge on any atom is -0.497 e. The Kier molecular flexibility index (Phi) is 4.18. The molecule has 19 heavy (non-hydrogen) atoms. The van der Waals surface area contributed by atoms with Gasteiger partial charge in [-0.3, -0.25) is 4.79 Å². The fourth-order valence-electron chi connectivity index (χ4n) is 1.66. The highest BCUT2D eigenvalue weighted by atomic mass is 16.5. The molecule has 1 aromatic carbocycles. The lowest BCUT2D eigenvalue weighted by molar-refractivity contribution is -0.140. The lowest BCUT2D eigenvalue weighted by Gasteiger charge is -1.99. The van der Waals surface area contributed by atoms with Crippen LogP contribution in [0.25, 0.3) is 11.3 Å². The summed E-state index contributed by atoms with van der Waals surface area (Å²) in [5.41, 5.74) is 1.68. The number of rotatable bonds is 5. The molecule has 2 rings (SSSR count). The summed E-state index contributed by atoms with van der Waals surface area (Å²) >= 11 is 0. The molecule has 0 saturated heterocycles. The van der Waals surface area contributed by atoms with E-state index < -0.39 is 0 Å². The molecule has 0 amide bonds. The van der Waals surface area contributed by atoms with E-state index in [1.807, 2.05) is 30.3 Å². The van der Waals surface area contributed by atoms with Gasteiger partial charge in [-0.1, -0.05) is 5.16 Å². The monoisotopic (exact) mass is 261 g/mol. The van der Waals surface area contributed by atoms with Gasteiger partial charge < -0.3 is 14.0 Å².